The summed E-state index contributed by atoms with van der Waals surface area (Å²) >= 11 is 9.19. The summed E-state index contributed by atoms with van der Waals surface area (Å²) in [5.41, 5.74) is 2.04. The Balaban J connectivity index is 2.05. The molecule has 0 bridgehead atoms. The quantitative estimate of drug-likeness (QED) is 0.934. The van der Waals surface area contributed by atoms with Crippen LogP contribution >= 0.6 is 27.5 Å². The Labute approximate surface area is 124 Å². The van der Waals surface area contributed by atoms with E-state index in [1.54, 1.807) is 30.6 Å². The van der Waals surface area contributed by atoms with Crippen molar-refractivity contribution in [3.8, 4) is 0 Å². The molecule has 2 aromatic rings. The maximum Gasteiger partial charge on any atom is 0.252 e. The second-order valence-electron chi connectivity index (χ2n) is 3.96. The number of amides is 1. The maximum atomic E-state index is 12.0. The molecule has 0 spiro atoms. The van der Waals surface area contributed by atoms with Crippen molar-refractivity contribution in [2.24, 2.45) is 0 Å². The van der Waals surface area contributed by atoms with E-state index in [0.717, 1.165) is 5.69 Å². The highest BCUT2D eigenvalue weighted by atomic mass is 79.9. The Kier molecular flexibility index (Phi) is 4.50. The zero-order chi connectivity index (χ0) is 13.8. The highest BCUT2D eigenvalue weighted by Gasteiger charge is 2.10. The third-order valence-electron chi connectivity index (χ3n) is 2.44. The zero-order valence-electron chi connectivity index (χ0n) is 10.2. The van der Waals surface area contributed by atoms with Gasteiger partial charge in [0.05, 0.1) is 29.7 Å². The molecule has 0 aliphatic heterocycles. The molecule has 0 saturated carbocycles. The van der Waals surface area contributed by atoms with Gasteiger partial charge in [-0.15, -0.1) is 0 Å². The Bertz CT molecular complexity index is 601. The summed E-state index contributed by atoms with van der Waals surface area (Å²) in [6.45, 7) is 2.18. The van der Waals surface area contributed by atoms with E-state index in [1.165, 1.54) is 0 Å². The number of aryl methyl sites for hydroxylation is 1. The minimum absolute atomic E-state index is 0.211. The Morgan fingerprint density at radius 2 is 2.16 bits per heavy atom. The molecule has 1 aromatic carbocycles. The van der Waals surface area contributed by atoms with Crippen LogP contribution in [0.3, 0.4) is 0 Å². The van der Waals surface area contributed by atoms with E-state index in [9.17, 15) is 4.79 Å². The van der Waals surface area contributed by atoms with Crippen molar-refractivity contribution >= 4 is 33.4 Å². The number of hydrogen-bond acceptors (Lipinski definition) is 3. The molecule has 0 aliphatic rings. The third kappa shape index (κ3) is 3.75. The molecule has 1 heterocycles. The molecule has 1 amide bonds. The largest absolute Gasteiger partial charge is 0.346 e. The fraction of sp³-hybridized carbons (Fsp3) is 0.154. The normalized spacial score (nSPS) is 10.3. The van der Waals surface area contributed by atoms with Gasteiger partial charge in [0.15, 0.2) is 0 Å². The Morgan fingerprint density at radius 3 is 2.84 bits per heavy atom. The van der Waals surface area contributed by atoms with Crippen LogP contribution < -0.4 is 5.32 Å². The molecule has 1 N–H and O–H groups in total. The van der Waals surface area contributed by atoms with Gasteiger partial charge in [-0.2, -0.15) is 0 Å². The maximum absolute atomic E-state index is 12.0. The van der Waals surface area contributed by atoms with Crippen LogP contribution in [0.1, 0.15) is 21.7 Å². The molecule has 0 fully saturated rings. The van der Waals surface area contributed by atoms with Crippen molar-refractivity contribution in [1.82, 2.24) is 15.3 Å². The summed E-state index contributed by atoms with van der Waals surface area (Å²) in [5.74, 6) is -0.211. The minimum atomic E-state index is -0.211. The van der Waals surface area contributed by atoms with Crippen molar-refractivity contribution < 1.29 is 4.79 Å². The van der Waals surface area contributed by atoms with Crippen molar-refractivity contribution in [1.29, 1.82) is 0 Å². The number of carbonyl (C=O) groups excluding carboxylic acids is 1. The van der Waals surface area contributed by atoms with Crippen LogP contribution in [-0.2, 0) is 6.54 Å². The average molecular weight is 341 g/mol. The van der Waals surface area contributed by atoms with Crippen LogP contribution in [0, 0.1) is 6.92 Å². The number of rotatable bonds is 3. The smallest absolute Gasteiger partial charge is 0.252 e. The van der Waals surface area contributed by atoms with Crippen molar-refractivity contribution in [3.05, 3.63) is 57.0 Å². The van der Waals surface area contributed by atoms with Crippen LogP contribution in [0.4, 0.5) is 0 Å². The molecule has 0 saturated heterocycles. The van der Waals surface area contributed by atoms with E-state index < -0.39 is 0 Å². The molecule has 0 unspecified atom stereocenters. The second kappa shape index (κ2) is 6.12. The summed E-state index contributed by atoms with van der Waals surface area (Å²) in [6, 6.07) is 5.07. The van der Waals surface area contributed by atoms with Crippen LogP contribution in [0.15, 0.2) is 35.1 Å². The summed E-state index contributed by atoms with van der Waals surface area (Å²) in [5, 5.41) is 3.29. The molecule has 1 aromatic heterocycles. The summed E-state index contributed by atoms with van der Waals surface area (Å²) < 4.78 is 0.699. The lowest BCUT2D eigenvalue weighted by Crippen LogP contribution is -2.23. The van der Waals surface area contributed by atoms with Crippen molar-refractivity contribution in [2.75, 3.05) is 0 Å². The number of carbonyl (C=O) groups is 1. The Hall–Kier alpha value is -1.46. The van der Waals surface area contributed by atoms with E-state index in [4.69, 9.17) is 11.6 Å². The highest BCUT2D eigenvalue weighted by Crippen LogP contribution is 2.21. The van der Waals surface area contributed by atoms with E-state index in [0.29, 0.717) is 27.3 Å². The molecular weight excluding hydrogens is 330 g/mol. The predicted octanol–water partition coefficient (Wildman–Crippen LogP) is 3.13. The van der Waals surface area contributed by atoms with Crippen molar-refractivity contribution in [2.45, 2.75) is 13.5 Å². The monoisotopic (exact) mass is 339 g/mol. The summed E-state index contributed by atoms with van der Waals surface area (Å²) in [4.78, 5) is 20.3. The third-order valence-corrected chi connectivity index (χ3v) is 3.36. The van der Waals surface area contributed by atoms with Crippen LogP contribution in [0.2, 0.25) is 5.02 Å². The predicted molar refractivity (Wildman–Crippen MR) is 77.1 cm³/mol. The zero-order valence-corrected chi connectivity index (χ0v) is 12.5. The molecule has 0 aliphatic carbocycles. The SMILES string of the molecule is Cc1cnc(CNC(=O)c2cc(Cl)ccc2Br)cn1. The second-order valence-corrected chi connectivity index (χ2v) is 5.25. The van der Waals surface area contributed by atoms with Crippen molar-refractivity contribution in [3.63, 3.8) is 0 Å². The summed E-state index contributed by atoms with van der Waals surface area (Å²) in [7, 11) is 0. The van der Waals surface area contributed by atoms with Gasteiger partial charge in [-0.05, 0) is 41.1 Å². The van der Waals surface area contributed by atoms with Gasteiger partial charge in [0, 0.05) is 15.7 Å². The lowest BCUT2D eigenvalue weighted by atomic mass is 10.2. The van der Waals surface area contributed by atoms with Crippen LogP contribution in [0.5, 0.6) is 0 Å². The number of nitrogens with zero attached hydrogens (tertiary/aromatic N) is 2. The highest BCUT2D eigenvalue weighted by molar-refractivity contribution is 9.10. The van der Waals surface area contributed by atoms with E-state index in [2.05, 4.69) is 31.2 Å². The van der Waals surface area contributed by atoms with Gasteiger partial charge in [-0.25, -0.2) is 0 Å². The molecule has 4 nitrogen and oxygen atoms in total. The van der Waals surface area contributed by atoms with Gasteiger partial charge >= 0.3 is 0 Å². The number of hydrogen-bond donors (Lipinski definition) is 1. The number of halogens is 2. The number of aromatic nitrogens is 2. The molecule has 19 heavy (non-hydrogen) atoms. The topological polar surface area (TPSA) is 54.9 Å². The fourth-order valence-corrected chi connectivity index (χ4v) is 2.05. The van der Waals surface area contributed by atoms with E-state index in [1.807, 2.05) is 6.92 Å². The Morgan fingerprint density at radius 1 is 1.37 bits per heavy atom. The molecule has 6 heteroatoms. The molecule has 0 radical (unpaired) electrons. The lowest BCUT2D eigenvalue weighted by molar-refractivity contribution is 0.0949. The molecule has 0 atom stereocenters. The van der Waals surface area contributed by atoms with Crippen LogP contribution in [0.25, 0.3) is 0 Å². The average Bonchev–Trinajstić information content (AvgIpc) is 2.40. The first-order chi connectivity index (χ1) is 9.06. The number of nitrogens with one attached hydrogen (secondary N) is 1. The first-order valence-corrected chi connectivity index (χ1v) is 6.74. The standard InChI is InChI=1S/C13H11BrClN3O/c1-8-5-17-10(6-16-8)7-18-13(19)11-4-9(15)2-3-12(11)14/h2-6H,7H2,1H3,(H,18,19). The van der Waals surface area contributed by atoms with Gasteiger partial charge in [0.25, 0.3) is 5.91 Å². The van der Waals surface area contributed by atoms with Gasteiger partial charge in [-0.1, -0.05) is 11.6 Å². The fourth-order valence-electron chi connectivity index (χ4n) is 1.45. The van der Waals surface area contributed by atoms with Gasteiger partial charge in [0.1, 0.15) is 0 Å². The van der Waals surface area contributed by atoms with Gasteiger partial charge < -0.3 is 5.32 Å². The lowest BCUT2D eigenvalue weighted by Gasteiger charge is -2.07. The van der Waals surface area contributed by atoms with E-state index >= 15 is 0 Å². The number of benzene rings is 1. The first kappa shape index (κ1) is 14.0. The van der Waals surface area contributed by atoms with Gasteiger partial charge in [-0.3, -0.25) is 14.8 Å². The first-order valence-electron chi connectivity index (χ1n) is 5.57. The minimum Gasteiger partial charge on any atom is -0.346 e. The molecular formula is C13H11BrClN3O. The molecule has 98 valence electrons. The van der Waals surface area contributed by atoms with Gasteiger partial charge in [0.2, 0.25) is 0 Å². The summed E-state index contributed by atoms with van der Waals surface area (Å²) in [6.07, 6.45) is 3.30. The van der Waals surface area contributed by atoms with E-state index in [-0.39, 0.29) is 5.91 Å². The van der Waals surface area contributed by atoms with Crippen LogP contribution in [-0.4, -0.2) is 15.9 Å². The molecule has 2 rings (SSSR count).